The maximum absolute atomic E-state index is 11.9. The number of nitrogens with zero attached hydrogens (tertiary/aromatic N) is 1. The van der Waals surface area contributed by atoms with Gasteiger partial charge in [-0.3, -0.25) is 14.6 Å². The predicted molar refractivity (Wildman–Crippen MR) is 103 cm³/mol. The lowest BCUT2D eigenvalue weighted by Gasteiger charge is -2.14. The van der Waals surface area contributed by atoms with Crippen molar-refractivity contribution in [1.82, 2.24) is 9.97 Å². The molecule has 6 nitrogen and oxygen atoms in total. The number of aromatic amines is 1. The van der Waals surface area contributed by atoms with E-state index in [9.17, 15) is 9.59 Å². The van der Waals surface area contributed by atoms with Crippen LogP contribution in [0, 0.1) is 0 Å². The first kappa shape index (κ1) is 16.1. The topological polar surface area (TPSA) is 86.9 Å². The Balaban J connectivity index is 1.40. The van der Waals surface area contributed by atoms with Crippen molar-refractivity contribution in [3.63, 3.8) is 0 Å². The average molecular weight is 346 g/mol. The minimum atomic E-state index is -0.464. The van der Waals surface area contributed by atoms with Crippen LogP contribution < -0.4 is 21.5 Å². The first-order valence-corrected chi connectivity index (χ1v) is 8.49. The number of hydrogen-bond donors (Lipinski definition) is 3. The van der Waals surface area contributed by atoms with Crippen LogP contribution in [0.1, 0.15) is 11.1 Å². The number of aromatic nitrogens is 2. The maximum Gasteiger partial charge on any atom is 0.253 e. The van der Waals surface area contributed by atoms with Gasteiger partial charge in [0.05, 0.1) is 0 Å². The zero-order valence-electron chi connectivity index (χ0n) is 14.1. The van der Waals surface area contributed by atoms with Gasteiger partial charge in [-0.2, -0.15) is 0 Å². The van der Waals surface area contributed by atoms with Gasteiger partial charge in [0.1, 0.15) is 11.4 Å². The monoisotopic (exact) mass is 346 g/mol. The molecule has 26 heavy (non-hydrogen) atoms. The second kappa shape index (κ2) is 6.84. The van der Waals surface area contributed by atoms with Crippen molar-refractivity contribution in [2.75, 3.05) is 17.2 Å². The summed E-state index contributed by atoms with van der Waals surface area (Å²) in [6.45, 7) is 1.06. The second-order valence-corrected chi connectivity index (χ2v) is 6.15. The SMILES string of the molecule is O=c1c(NCCc2c[nH]c3ccccc23)c(NCc2ccncc2)c1=O. The van der Waals surface area contributed by atoms with Gasteiger partial charge in [0.25, 0.3) is 10.9 Å². The number of anilines is 2. The molecule has 0 aliphatic rings. The summed E-state index contributed by atoms with van der Waals surface area (Å²) in [5.74, 6) is 0. The fourth-order valence-corrected chi connectivity index (χ4v) is 3.08. The van der Waals surface area contributed by atoms with Crippen LogP contribution >= 0.6 is 0 Å². The lowest BCUT2D eigenvalue weighted by atomic mass is 10.1. The fraction of sp³-hybridized carbons (Fsp3) is 0.150. The third-order valence-electron chi connectivity index (χ3n) is 4.50. The average Bonchev–Trinajstić information content (AvgIpc) is 3.10. The van der Waals surface area contributed by atoms with Gasteiger partial charge in [0.2, 0.25) is 0 Å². The van der Waals surface area contributed by atoms with E-state index in [0.717, 1.165) is 17.5 Å². The normalized spacial score (nSPS) is 11.1. The van der Waals surface area contributed by atoms with Crippen molar-refractivity contribution < 1.29 is 0 Å². The van der Waals surface area contributed by atoms with E-state index in [0.29, 0.717) is 24.5 Å². The first-order chi connectivity index (χ1) is 12.7. The van der Waals surface area contributed by atoms with E-state index >= 15 is 0 Å². The Hall–Kier alpha value is -3.41. The van der Waals surface area contributed by atoms with Gasteiger partial charge < -0.3 is 15.6 Å². The molecule has 0 aliphatic heterocycles. The van der Waals surface area contributed by atoms with Crippen molar-refractivity contribution in [1.29, 1.82) is 0 Å². The fourth-order valence-electron chi connectivity index (χ4n) is 3.08. The highest BCUT2D eigenvalue weighted by atomic mass is 16.2. The Labute approximate surface area is 149 Å². The molecular formula is C20H18N4O2. The Morgan fingerprint density at radius 2 is 1.65 bits per heavy atom. The van der Waals surface area contributed by atoms with Crippen molar-refractivity contribution >= 4 is 22.3 Å². The summed E-state index contributed by atoms with van der Waals surface area (Å²) >= 11 is 0. The van der Waals surface area contributed by atoms with Gasteiger partial charge in [-0.15, -0.1) is 0 Å². The molecule has 0 spiro atoms. The molecule has 4 rings (SSSR count). The molecule has 0 aliphatic carbocycles. The van der Waals surface area contributed by atoms with Crippen LogP contribution in [-0.2, 0) is 13.0 Å². The van der Waals surface area contributed by atoms with E-state index in [1.165, 1.54) is 10.9 Å². The number of hydrogen-bond acceptors (Lipinski definition) is 5. The highest BCUT2D eigenvalue weighted by Gasteiger charge is 2.20. The number of rotatable bonds is 7. The summed E-state index contributed by atoms with van der Waals surface area (Å²) in [6.07, 6.45) is 6.13. The summed E-state index contributed by atoms with van der Waals surface area (Å²) in [5, 5.41) is 7.34. The van der Waals surface area contributed by atoms with Crippen molar-refractivity contribution in [2.24, 2.45) is 0 Å². The minimum absolute atomic E-state index is 0.366. The highest BCUT2D eigenvalue weighted by molar-refractivity contribution is 5.83. The molecule has 0 amide bonds. The third-order valence-corrected chi connectivity index (χ3v) is 4.50. The Morgan fingerprint density at radius 3 is 2.46 bits per heavy atom. The number of fused-ring (bicyclic) bond motifs is 1. The van der Waals surface area contributed by atoms with Gasteiger partial charge in [0.15, 0.2) is 0 Å². The smallest absolute Gasteiger partial charge is 0.253 e. The molecule has 0 radical (unpaired) electrons. The van der Waals surface area contributed by atoms with E-state index in [2.05, 4.69) is 26.7 Å². The van der Waals surface area contributed by atoms with Crippen LogP contribution in [0.25, 0.3) is 10.9 Å². The summed E-state index contributed by atoms with van der Waals surface area (Å²) in [4.78, 5) is 30.9. The predicted octanol–water partition coefficient (Wildman–Crippen LogP) is 2.43. The first-order valence-electron chi connectivity index (χ1n) is 8.49. The second-order valence-electron chi connectivity index (χ2n) is 6.15. The summed E-state index contributed by atoms with van der Waals surface area (Å²) in [5.41, 5.74) is 3.09. The van der Waals surface area contributed by atoms with Crippen LogP contribution in [0.5, 0.6) is 0 Å². The number of H-pyrrole nitrogens is 1. The molecule has 3 N–H and O–H groups in total. The van der Waals surface area contributed by atoms with Gasteiger partial charge in [-0.1, -0.05) is 18.2 Å². The Morgan fingerprint density at radius 1 is 0.923 bits per heavy atom. The minimum Gasteiger partial charge on any atom is -0.380 e. The summed E-state index contributed by atoms with van der Waals surface area (Å²) in [7, 11) is 0. The molecule has 130 valence electrons. The zero-order chi connectivity index (χ0) is 17.9. The molecule has 0 fully saturated rings. The van der Waals surface area contributed by atoms with Crippen LogP contribution in [-0.4, -0.2) is 16.5 Å². The zero-order valence-corrected chi connectivity index (χ0v) is 14.1. The van der Waals surface area contributed by atoms with E-state index in [1.54, 1.807) is 12.4 Å². The molecular weight excluding hydrogens is 328 g/mol. The van der Waals surface area contributed by atoms with Gasteiger partial charge in [-0.25, -0.2) is 0 Å². The van der Waals surface area contributed by atoms with Gasteiger partial charge in [-0.05, 0) is 35.7 Å². The largest absolute Gasteiger partial charge is 0.380 e. The van der Waals surface area contributed by atoms with E-state index in [-0.39, 0.29) is 0 Å². The van der Waals surface area contributed by atoms with Crippen LogP contribution in [0.15, 0.2) is 64.6 Å². The molecule has 0 atom stereocenters. The van der Waals surface area contributed by atoms with E-state index < -0.39 is 10.9 Å². The van der Waals surface area contributed by atoms with Crippen molar-refractivity contribution in [3.8, 4) is 0 Å². The quantitative estimate of drug-likeness (QED) is 0.447. The molecule has 4 aromatic rings. The van der Waals surface area contributed by atoms with E-state index in [4.69, 9.17) is 0 Å². The molecule has 0 bridgehead atoms. The number of benzene rings is 1. The van der Waals surface area contributed by atoms with Crippen LogP contribution in [0.4, 0.5) is 11.4 Å². The summed E-state index contributed by atoms with van der Waals surface area (Å²) < 4.78 is 0. The van der Waals surface area contributed by atoms with E-state index in [1.807, 2.05) is 36.5 Å². The van der Waals surface area contributed by atoms with Gasteiger partial charge >= 0.3 is 0 Å². The van der Waals surface area contributed by atoms with Crippen molar-refractivity contribution in [2.45, 2.75) is 13.0 Å². The highest BCUT2D eigenvalue weighted by Crippen LogP contribution is 2.19. The molecule has 0 unspecified atom stereocenters. The van der Waals surface area contributed by atoms with Crippen LogP contribution in [0.2, 0.25) is 0 Å². The number of para-hydroxylation sites is 1. The number of nitrogens with one attached hydrogen (secondary N) is 3. The van der Waals surface area contributed by atoms with Gasteiger partial charge in [0, 0.05) is 42.6 Å². The molecule has 2 aromatic heterocycles. The molecule has 2 heterocycles. The maximum atomic E-state index is 11.9. The van der Waals surface area contributed by atoms with Crippen molar-refractivity contribution in [3.05, 3.63) is 86.6 Å². The Kier molecular flexibility index (Phi) is 4.23. The lowest BCUT2D eigenvalue weighted by molar-refractivity contribution is 1.02. The number of pyridine rings is 1. The molecule has 2 aromatic carbocycles. The van der Waals surface area contributed by atoms with Crippen LogP contribution in [0.3, 0.4) is 0 Å². The third kappa shape index (κ3) is 2.97. The molecule has 6 heteroatoms. The summed E-state index contributed by atoms with van der Waals surface area (Å²) in [6, 6.07) is 11.8. The Bertz CT molecular complexity index is 1110. The lowest BCUT2D eigenvalue weighted by Crippen LogP contribution is -2.37. The standard InChI is InChI=1S/C20H18N4O2/c25-19-17(18(20(19)26)24-11-13-5-8-21-9-6-13)22-10-7-14-12-23-16-4-2-1-3-15(14)16/h1-6,8-9,12,22-24H,7,10-11H2. The molecule has 0 saturated heterocycles. The molecule has 0 saturated carbocycles.